The molecule has 2 unspecified atom stereocenters. The lowest BCUT2D eigenvalue weighted by Gasteiger charge is -2.29. The molecule has 1 aromatic heterocycles. The van der Waals surface area contributed by atoms with Crippen LogP contribution >= 0.6 is 0 Å². The molecule has 0 saturated heterocycles. The summed E-state index contributed by atoms with van der Waals surface area (Å²) in [6, 6.07) is 0.789. The second kappa shape index (κ2) is 7.57. The first-order chi connectivity index (χ1) is 8.88. The average Bonchev–Trinajstić information content (AvgIpc) is 2.92. The van der Waals surface area contributed by atoms with Crippen molar-refractivity contribution in [3.63, 3.8) is 0 Å². The Labute approximate surface area is 111 Å². The third-order valence-electron chi connectivity index (χ3n) is 4.20. The van der Waals surface area contributed by atoms with Gasteiger partial charge in [0.1, 0.15) is 0 Å². The lowest BCUT2D eigenvalue weighted by atomic mass is 9.84. The van der Waals surface area contributed by atoms with E-state index in [1.54, 1.807) is 0 Å². The van der Waals surface area contributed by atoms with Crippen LogP contribution < -0.4 is 5.32 Å². The lowest BCUT2D eigenvalue weighted by Crippen LogP contribution is -2.34. The van der Waals surface area contributed by atoms with Crippen molar-refractivity contribution in [1.29, 1.82) is 0 Å². The molecule has 0 aliphatic heterocycles. The molecule has 1 N–H and O–H groups in total. The third kappa shape index (κ3) is 4.45. The number of hydrogen-bond donors (Lipinski definition) is 1. The minimum absolute atomic E-state index is 0.789. The highest BCUT2D eigenvalue weighted by Gasteiger charge is 2.19. The fraction of sp³-hybridized carbons (Fsp3) is 0.800. The number of nitrogens with one attached hydrogen (secondary N) is 1. The van der Waals surface area contributed by atoms with Crippen molar-refractivity contribution in [2.24, 2.45) is 5.92 Å². The number of unbranched alkanes of at least 4 members (excludes halogenated alkanes) is 1. The van der Waals surface area contributed by atoms with Gasteiger partial charge in [0.15, 0.2) is 0 Å². The van der Waals surface area contributed by atoms with Gasteiger partial charge >= 0.3 is 0 Å². The van der Waals surface area contributed by atoms with Crippen LogP contribution in [0.25, 0.3) is 0 Å². The summed E-state index contributed by atoms with van der Waals surface area (Å²) in [5, 5.41) is 3.74. The van der Waals surface area contributed by atoms with E-state index >= 15 is 0 Å². The van der Waals surface area contributed by atoms with Gasteiger partial charge in [0.25, 0.3) is 0 Å². The number of imidazole rings is 1. The molecule has 1 aliphatic carbocycles. The Morgan fingerprint density at radius 1 is 1.33 bits per heavy atom. The SMILES string of the molecule is CCC1CCCC(NCCCCn2ccnc2)C1. The summed E-state index contributed by atoms with van der Waals surface area (Å²) in [4.78, 5) is 4.06. The second-order valence-corrected chi connectivity index (χ2v) is 5.60. The van der Waals surface area contributed by atoms with E-state index in [1.807, 2.05) is 18.7 Å². The lowest BCUT2D eigenvalue weighted by molar-refractivity contribution is 0.278. The summed E-state index contributed by atoms with van der Waals surface area (Å²) in [5.74, 6) is 0.974. The predicted octanol–water partition coefficient (Wildman–Crippen LogP) is 3.22. The maximum Gasteiger partial charge on any atom is 0.0945 e. The van der Waals surface area contributed by atoms with Gasteiger partial charge in [-0.2, -0.15) is 0 Å². The largest absolute Gasteiger partial charge is 0.337 e. The van der Waals surface area contributed by atoms with E-state index in [0.29, 0.717) is 0 Å². The first-order valence-electron chi connectivity index (χ1n) is 7.57. The van der Waals surface area contributed by atoms with E-state index in [1.165, 1.54) is 51.5 Å². The van der Waals surface area contributed by atoms with E-state index in [9.17, 15) is 0 Å². The van der Waals surface area contributed by atoms with Crippen molar-refractivity contribution in [2.45, 2.75) is 64.5 Å². The molecule has 3 heteroatoms. The van der Waals surface area contributed by atoms with Gasteiger partial charge in [0, 0.05) is 25.0 Å². The first-order valence-corrected chi connectivity index (χ1v) is 7.57. The van der Waals surface area contributed by atoms with E-state index in [-0.39, 0.29) is 0 Å². The zero-order valence-corrected chi connectivity index (χ0v) is 11.6. The molecule has 3 nitrogen and oxygen atoms in total. The molecular formula is C15H27N3. The number of aromatic nitrogens is 2. The Morgan fingerprint density at radius 2 is 2.28 bits per heavy atom. The van der Waals surface area contributed by atoms with Crippen LogP contribution in [0.2, 0.25) is 0 Å². The standard InChI is InChI=1S/C15H27N3/c1-2-14-6-5-7-15(12-14)17-8-3-4-10-18-11-9-16-13-18/h9,11,13-15,17H,2-8,10,12H2,1H3. The predicted molar refractivity (Wildman–Crippen MR) is 75.5 cm³/mol. The van der Waals surface area contributed by atoms with E-state index < -0.39 is 0 Å². The molecule has 0 radical (unpaired) electrons. The first kappa shape index (κ1) is 13.6. The highest BCUT2D eigenvalue weighted by atomic mass is 15.0. The van der Waals surface area contributed by atoms with Gasteiger partial charge in [-0.3, -0.25) is 0 Å². The summed E-state index contributed by atoms with van der Waals surface area (Å²) >= 11 is 0. The van der Waals surface area contributed by atoms with E-state index in [2.05, 4.69) is 21.8 Å². The molecule has 1 aliphatic rings. The fourth-order valence-electron chi connectivity index (χ4n) is 2.99. The van der Waals surface area contributed by atoms with Crippen LogP contribution in [0.3, 0.4) is 0 Å². The topological polar surface area (TPSA) is 29.9 Å². The van der Waals surface area contributed by atoms with Gasteiger partial charge in [0.05, 0.1) is 6.33 Å². The summed E-state index contributed by atoms with van der Waals surface area (Å²) < 4.78 is 2.16. The van der Waals surface area contributed by atoms with Gasteiger partial charge in [-0.15, -0.1) is 0 Å². The van der Waals surface area contributed by atoms with Crippen molar-refractivity contribution in [3.05, 3.63) is 18.7 Å². The van der Waals surface area contributed by atoms with Crippen LogP contribution in [-0.2, 0) is 6.54 Å². The molecule has 102 valence electrons. The van der Waals surface area contributed by atoms with Gasteiger partial charge in [0.2, 0.25) is 0 Å². The molecule has 1 aromatic rings. The zero-order chi connectivity index (χ0) is 12.6. The number of hydrogen-bond acceptors (Lipinski definition) is 2. The summed E-state index contributed by atoms with van der Waals surface area (Å²) in [6.45, 7) is 4.61. The van der Waals surface area contributed by atoms with Crippen molar-refractivity contribution in [3.8, 4) is 0 Å². The van der Waals surface area contributed by atoms with Crippen molar-refractivity contribution < 1.29 is 0 Å². The van der Waals surface area contributed by atoms with E-state index in [4.69, 9.17) is 0 Å². The summed E-state index contributed by atoms with van der Waals surface area (Å²) in [5.41, 5.74) is 0. The Kier molecular flexibility index (Phi) is 5.72. The van der Waals surface area contributed by atoms with Crippen LogP contribution in [0.1, 0.15) is 51.9 Å². The molecule has 0 aromatic carbocycles. The third-order valence-corrected chi connectivity index (χ3v) is 4.20. The minimum Gasteiger partial charge on any atom is -0.337 e. The maximum absolute atomic E-state index is 4.06. The quantitative estimate of drug-likeness (QED) is 0.752. The van der Waals surface area contributed by atoms with Gasteiger partial charge < -0.3 is 9.88 Å². The zero-order valence-electron chi connectivity index (χ0n) is 11.6. The van der Waals surface area contributed by atoms with Crippen molar-refractivity contribution >= 4 is 0 Å². The average molecular weight is 249 g/mol. The normalized spacial score (nSPS) is 24.3. The number of nitrogens with zero attached hydrogens (tertiary/aromatic N) is 2. The highest BCUT2D eigenvalue weighted by Crippen LogP contribution is 2.26. The monoisotopic (exact) mass is 249 g/mol. The number of aryl methyl sites for hydroxylation is 1. The molecule has 1 fully saturated rings. The molecule has 1 heterocycles. The summed E-state index contributed by atoms with van der Waals surface area (Å²) in [6.07, 6.45) is 15.3. The van der Waals surface area contributed by atoms with Gasteiger partial charge in [-0.1, -0.05) is 26.2 Å². The van der Waals surface area contributed by atoms with Crippen LogP contribution in [-0.4, -0.2) is 22.1 Å². The molecule has 0 bridgehead atoms. The Balaban J connectivity index is 1.52. The molecule has 18 heavy (non-hydrogen) atoms. The van der Waals surface area contributed by atoms with Crippen LogP contribution in [0.5, 0.6) is 0 Å². The minimum atomic E-state index is 0.789. The van der Waals surface area contributed by atoms with E-state index in [0.717, 1.165) is 18.5 Å². The maximum atomic E-state index is 4.06. The Morgan fingerprint density at radius 3 is 3.06 bits per heavy atom. The van der Waals surface area contributed by atoms with Crippen LogP contribution in [0.15, 0.2) is 18.7 Å². The van der Waals surface area contributed by atoms with Gasteiger partial charge in [-0.25, -0.2) is 4.98 Å². The molecule has 2 atom stereocenters. The number of rotatable bonds is 7. The summed E-state index contributed by atoms with van der Waals surface area (Å²) in [7, 11) is 0. The molecule has 0 amide bonds. The Hall–Kier alpha value is -0.830. The van der Waals surface area contributed by atoms with Crippen LogP contribution in [0, 0.1) is 5.92 Å². The molecule has 2 rings (SSSR count). The fourth-order valence-corrected chi connectivity index (χ4v) is 2.99. The van der Waals surface area contributed by atoms with Crippen molar-refractivity contribution in [2.75, 3.05) is 6.54 Å². The molecule has 0 spiro atoms. The second-order valence-electron chi connectivity index (χ2n) is 5.60. The molecular weight excluding hydrogens is 222 g/mol. The van der Waals surface area contributed by atoms with Gasteiger partial charge in [-0.05, 0) is 38.1 Å². The smallest absolute Gasteiger partial charge is 0.0945 e. The molecule has 1 saturated carbocycles. The van der Waals surface area contributed by atoms with Crippen molar-refractivity contribution in [1.82, 2.24) is 14.9 Å². The highest BCUT2D eigenvalue weighted by molar-refractivity contribution is 4.77. The Bertz CT molecular complexity index is 308. The van der Waals surface area contributed by atoms with Crippen LogP contribution in [0.4, 0.5) is 0 Å².